The Morgan fingerprint density at radius 2 is 1.74 bits per heavy atom. The number of carbonyl (C=O) groups is 3. The summed E-state index contributed by atoms with van der Waals surface area (Å²) in [6.45, 7) is 4.30. The topological polar surface area (TPSA) is 99.8 Å². The van der Waals surface area contributed by atoms with Gasteiger partial charge in [0, 0.05) is 43.5 Å². The summed E-state index contributed by atoms with van der Waals surface area (Å²) in [7, 11) is 3.38. The smallest absolute Gasteiger partial charge is 0.315 e. The van der Waals surface area contributed by atoms with Crippen LogP contribution in [0.25, 0.3) is 0 Å². The number of amides is 3. The standard InChI is InChI=1S/C23H30N4O4/c1-5-27(15-19-12-18(16(2)28)8-11-21(19)31-4)22(29)14-26-23(30)25-13-17-6-9-20(24-3)10-7-17/h6-12,24H,5,13-15H2,1-4H3,(H2,25,26,30). The molecule has 2 rings (SSSR count). The molecule has 8 heteroatoms. The van der Waals surface area contributed by atoms with Gasteiger partial charge in [0.05, 0.1) is 13.7 Å². The Morgan fingerprint density at radius 1 is 1.03 bits per heavy atom. The van der Waals surface area contributed by atoms with Crippen LogP contribution in [0.1, 0.15) is 35.3 Å². The molecule has 0 atom stereocenters. The van der Waals surface area contributed by atoms with E-state index in [2.05, 4.69) is 16.0 Å². The highest BCUT2D eigenvalue weighted by Gasteiger charge is 2.16. The molecule has 0 heterocycles. The van der Waals surface area contributed by atoms with Crippen molar-refractivity contribution < 1.29 is 19.1 Å². The van der Waals surface area contributed by atoms with E-state index in [1.807, 2.05) is 38.2 Å². The van der Waals surface area contributed by atoms with Crippen molar-refractivity contribution in [2.45, 2.75) is 26.9 Å². The normalized spacial score (nSPS) is 10.2. The Bertz CT molecular complexity index is 912. The lowest BCUT2D eigenvalue weighted by Crippen LogP contribution is -2.43. The molecule has 2 aromatic carbocycles. The van der Waals surface area contributed by atoms with E-state index in [-0.39, 0.29) is 24.8 Å². The lowest BCUT2D eigenvalue weighted by molar-refractivity contribution is -0.130. The number of methoxy groups -OCH3 is 1. The lowest BCUT2D eigenvalue weighted by Gasteiger charge is -2.22. The van der Waals surface area contributed by atoms with Gasteiger partial charge in [0.25, 0.3) is 0 Å². The molecule has 2 aromatic rings. The van der Waals surface area contributed by atoms with E-state index in [4.69, 9.17) is 4.74 Å². The number of hydrogen-bond donors (Lipinski definition) is 3. The van der Waals surface area contributed by atoms with Gasteiger partial charge in [-0.05, 0) is 49.7 Å². The van der Waals surface area contributed by atoms with Gasteiger partial charge in [-0.25, -0.2) is 4.79 Å². The molecule has 8 nitrogen and oxygen atoms in total. The Labute approximate surface area is 183 Å². The first-order valence-electron chi connectivity index (χ1n) is 10.1. The number of nitrogens with zero attached hydrogens (tertiary/aromatic N) is 1. The zero-order valence-corrected chi connectivity index (χ0v) is 18.5. The molecule has 0 bridgehead atoms. The SMILES string of the molecule is CCN(Cc1cc(C(C)=O)ccc1OC)C(=O)CNC(=O)NCc1ccc(NC)cc1. The molecule has 3 N–H and O–H groups in total. The van der Waals surface area contributed by atoms with E-state index in [0.29, 0.717) is 24.4 Å². The predicted molar refractivity (Wildman–Crippen MR) is 120 cm³/mol. The Kier molecular flexibility index (Phi) is 8.87. The van der Waals surface area contributed by atoms with Crippen molar-refractivity contribution in [1.82, 2.24) is 15.5 Å². The maximum atomic E-state index is 12.6. The van der Waals surface area contributed by atoms with Crippen molar-refractivity contribution in [3.05, 3.63) is 59.2 Å². The minimum Gasteiger partial charge on any atom is -0.496 e. The number of likely N-dealkylation sites (N-methyl/N-ethyl adjacent to an activating group) is 1. The lowest BCUT2D eigenvalue weighted by atomic mass is 10.1. The number of urea groups is 1. The van der Waals surface area contributed by atoms with E-state index in [1.165, 1.54) is 6.92 Å². The van der Waals surface area contributed by atoms with Crippen LogP contribution in [0.15, 0.2) is 42.5 Å². The van der Waals surface area contributed by atoms with Gasteiger partial charge in [0.1, 0.15) is 5.75 Å². The summed E-state index contributed by atoms with van der Waals surface area (Å²) in [5, 5.41) is 8.37. The first-order valence-corrected chi connectivity index (χ1v) is 10.1. The van der Waals surface area contributed by atoms with E-state index >= 15 is 0 Å². The van der Waals surface area contributed by atoms with E-state index < -0.39 is 6.03 Å². The minimum absolute atomic E-state index is 0.0581. The van der Waals surface area contributed by atoms with E-state index in [9.17, 15) is 14.4 Å². The van der Waals surface area contributed by atoms with Crippen LogP contribution in [-0.4, -0.2) is 49.9 Å². The molecule has 0 unspecified atom stereocenters. The third kappa shape index (κ3) is 7.02. The minimum atomic E-state index is -0.418. The van der Waals surface area contributed by atoms with Crippen LogP contribution >= 0.6 is 0 Å². The number of Topliss-reactive ketones (excluding diaryl/α,β-unsaturated/α-hetero) is 1. The van der Waals surface area contributed by atoms with Crippen molar-refractivity contribution in [1.29, 1.82) is 0 Å². The fraction of sp³-hybridized carbons (Fsp3) is 0.348. The van der Waals surface area contributed by atoms with Crippen molar-refractivity contribution in [2.75, 3.05) is 32.6 Å². The third-order valence-electron chi connectivity index (χ3n) is 4.88. The summed E-state index contributed by atoms with van der Waals surface area (Å²) in [6.07, 6.45) is 0. The summed E-state index contributed by atoms with van der Waals surface area (Å²) >= 11 is 0. The number of hydrogen-bond acceptors (Lipinski definition) is 5. The predicted octanol–water partition coefficient (Wildman–Crippen LogP) is 2.79. The maximum Gasteiger partial charge on any atom is 0.315 e. The zero-order chi connectivity index (χ0) is 22.8. The van der Waals surface area contributed by atoms with Crippen LogP contribution < -0.4 is 20.7 Å². The molecule has 0 saturated carbocycles. The van der Waals surface area contributed by atoms with Gasteiger partial charge in [0.2, 0.25) is 5.91 Å². The summed E-state index contributed by atoms with van der Waals surface area (Å²) in [5.74, 6) is 0.315. The molecule has 0 aliphatic rings. The van der Waals surface area contributed by atoms with Crippen LogP contribution in [0.3, 0.4) is 0 Å². The van der Waals surface area contributed by atoms with Crippen molar-refractivity contribution in [2.24, 2.45) is 0 Å². The summed E-state index contributed by atoms with van der Waals surface area (Å²) in [4.78, 5) is 38.0. The van der Waals surface area contributed by atoms with Gasteiger partial charge < -0.3 is 25.6 Å². The van der Waals surface area contributed by atoms with Gasteiger partial charge >= 0.3 is 6.03 Å². The molecule has 0 aromatic heterocycles. The van der Waals surface area contributed by atoms with Crippen molar-refractivity contribution in [3.63, 3.8) is 0 Å². The molecule has 0 fully saturated rings. The highest BCUT2D eigenvalue weighted by Crippen LogP contribution is 2.22. The summed E-state index contributed by atoms with van der Waals surface area (Å²) in [5.41, 5.74) is 3.23. The highest BCUT2D eigenvalue weighted by molar-refractivity contribution is 5.94. The van der Waals surface area contributed by atoms with Crippen LogP contribution in [0.5, 0.6) is 5.75 Å². The fourth-order valence-corrected chi connectivity index (χ4v) is 3.00. The molecule has 0 aliphatic heterocycles. The highest BCUT2D eigenvalue weighted by atomic mass is 16.5. The van der Waals surface area contributed by atoms with Crippen LogP contribution in [-0.2, 0) is 17.9 Å². The maximum absolute atomic E-state index is 12.6. The number of carbonyl (C=O) groups excluding carboxylic acids is 3. The number of benzene rings is 2. The summed E-state index contributed by atoms with van der Waals surface area (Å²) in [6, 6.07) is 12.4. The Morgan fingerprint density at radius 3 is 2.32 bits per heavy atom. The monoisotopic (exact) mass is 426 g/mol. The molecule has 31 heavy (non-hydrogen) atoms. The summed E-state index contributed by atoms with van der Waals surface area (Å²) < 4.78 is 5.36. The van der Waals surface area contributed by atoms with Crippen molar-refractivity contribution in [3.8, 4) is 5.75 Å². The number of rotatable bonds is 10. The average Bonchev–Trinajstić information content (AvgIpc) is 2.79. The molecule has 0 radical (unpaired) electrons. The molecular formula is C23H30N4O4. The number of anilines is 1. The molecule has 0 saturated heterocycles. The van der Waals surface area contributed by atoms with Gasteiger partial charge in [-0.15, -0.1) is 0 Å². The van der Waals surface area contributed by atoms with Crippen LogP contribution in [0.2, 0.25) is 0 Å². The zero-order valence-electron chi connectivity index (χ0n) is 18.5. The van der Waals surface area contributed by atoms with E-state index in [1.54, 1.807) is 30.2 Å². The number of ketones is 1. The van der Waals surface area contributed by atoms with Crippen LogP contribution in [0, 0.1) is 0 Å². The largest absolute Gasteiger partial charge is 0.496 e. The van der Waals surface area contributed by atoms with E-state index in [0.717, 1.165) is 16.8 Å². The van der Waals surface area contributed by atoms with Gasteiger partial charge in [0.15, 0.2) is 5.78 Å². The molecule has 0 spiro atoms. The molecular weight excluding hydrogens is 396 g/mol. The third-order valence-corrected chi connectivity index (χ3v) is 4.88. The first-order chi connectivity index (χ1) is 14.9. The number of nitrogens with one attached hydrogen (secondary N) is 3. The second-order valence-electron chi connectivity index (χ2n) is 6.97. The van der Waals surface area contributed by atoms with Crippen LogP contribution in [0.4, 0.5) is 10.5 Å². The number of ether oxygens (including phenoxy) is 1. The van der Waals surface area contributed by atoms with Crippen molar-refractivity contribution >= 4 is 23.4 Å². The van der Waals surface area contributed by atoms with Gasteiger partial charge in [-0.1, -0.05) is 12.1 Å². The molecule has 3 amide bonds. The first kappa shape index (κ1) is 23.7. The Balaban J connectivity index is 1.90. The second kappa shape index (κ2) is 11.6. The fourth-order valence-electron chi connectivity index (χ4n) is 3.00. The molecule has 166 valence electrons. The van der Waals surface area contributed by atoms with Gasteiger partial charge in [-0.3, -0.25) is 9.59 Å². The van der Waals surface area contributed by atoms with Gasteiger partial charge in [-0.2, -0.15) is 0 Å². The molecule has 0 aliphatic carbocycles. The average molecular weight is 427 g/mol. The quantitative estimate of drug-likeness (QED) is 0.508. The Hall–Kier alpha value is -3.55. The second-order valence-corrected chi connectivity index (χ2v) is 6.97.